The third kappa shape index (κ3) is 3.76. The van der Waals surface area contributed by atoms with Crippen molar-refractivity contribution >= 4 is 11.6 Å². The van der Waals surface area contributed by atoms with Gasteiger partial charge in [-0.1, -0.05) is 48.0 Å². The number of ether oxygens (including phenoxy) is 1. The molecule has 0 aliphatic rings. The van der Waals surface area contributed by atoms with E-state index in [-0.39, 0.29) is 6.61 Å². The number of hydrogen-bond donors (Lipinski definition) is 1. The number of halogens is 1. The van der Waals surface area contributed by atoms with Gasteiger partial charge in [0.25, 0.3) is 0 Å². The minimum Gasteiger partial charge on any atom is -0.491 e. The highest BCUT2D eigenvalue weighted by molar-refractivity contribution is 6.31. The lowest BCUT2D eigenvalue weighted by atomic mass is 10.1. The van der Waals surface area contributed by atoms with Crippen LogP contribution < -0.4 is 4.74 Å². The fraction of sp³-hybridized carbons (Fsp3) is 0.200. The van der Waals surface area contributed by atoms with Crippen LogP contribution in [0.25, 0.3) is 0 Å². The molecule has 0 radical (unpaired) electrons. The lowest BCUT2D eigenvalue weighted by Crippen LogP contribution is -2.20. The molecule has 0 aliphatic heterocycles. The van der Waals surface area contributed by atoms with E-state index in [0.717, 1.165) is 11.3 Å². The molecule has 1 unspecified atom stereocenters. The third-order valence-electron chi connectivity index (χ3n) is 2.60. The SMILES string of the molecule is OC(COc1ccccc1)Cc1ccccc1Cl. The van der Waals surface area contributed by atoms with E-state index in [4.69, 9.17) is 16.3 Å². The first kappa shape index (κ1) is 12.9. The molecule has 0 saturated carbocycles. The van der Waals surface area contributed by atoms with E-state index in [9.17, 15) is 5.11 Å². The minimum atomic E-state index is -0.565. The highest BCUT2D eigenvalue weighted by Gasteiger charge is 2.08. The molecule has 0 amide bonds. The fourth-order valence-corrected chi connectivity index (χ4v) is 1.90. The molecule has 1 N–H and O–H groups in total. The van der Waals surface area contributed by atoms with Crippen LogP contribution in [-0.4, -0.2) is 17.8 Å². The molecule has 18 heavy (non-hydrogen) atoms. The fourth-order valence-electron chi connectivity index (χ4n) is 1.69. The molecule has 2 aromatic carbocycles. The van der Waals surface area contributed by atoms with E-state index in [2.05, 4.69) is 0 Å². The van der Waals surface area contributed by atoms with Gasteiger partial charge in [-0.2, -0.15) is 0 Å². The van der Waals surface area contributed by atoms with Crippen molar-refractivity contribution in [1.82, 2.24) is 0 Å². The van der Waals surface area contributed by atoms with Crippen LogP contribution >= 0.6 is 11.6 Å². The van der Waals surface area contributed by atoms with E-state index in [1.165, 1.54) is 0 Å². The Kier molecular flexibility index (Phi) is 4.62. The van der Waals surface area contributed by atoms with Gasteiger partial charge in [0.15, 0.2) is 0 Å². The average Bonchev–Trinajstić information content (AvgIpc) is 2.40. The van der Waals surface area contributed by atoms with Crippen molar-refractivity contribution in [3.05, 3.63) is 65.2 Å². The Hall–Kier alpha value is -1.51. The number of aliphatic hydroxyl groups is 1. The highest BCUT2D eigenvalue weighted by Crippen LogP contribution is 2.17. The molecular weight excluding hydrogens is 248 g/mol. The lowest BCUT2D eigenvalue weighted by Gasteiger charge is -2.13. The predicted molar refractivity (Wildman–Crippen MR) is 73.1 cm³/mol. The first-order chi connectivity index (χ1) is 8.75. The van der Waals surface area contributed by atoms with Gasteiger partial charge in [0.05, 0.1) is 6.10 Å². The Morgan fingerprint density at radius 1 is 1.00 bits per heavy atom. The third-order valence-corrected chi connectivity index (χ3v) is 2.97. The molecule has 0 aromatic heterocycles. The van der Waals surface area contributed by atoms with Gasteiger partial charge in [-0.25, -0.2) is 0 Å². The standard InChI is InChI=1S/C15H15ClO2/c16-15-9-5-4-6-12(15)10-13(17)11-18-14-7-2-1-3-8-14/h1-9,13,17H,10-11H2. The second-order valence-electron chi connectivity index (χ2n) is 4.07. The Bertz CT molecular complexity index is 485. The number of para-hydroxylation sites is 1. The van der Waals surface area contributed by atoms with Crippen molar-refractivity contribution in [2.75, 3.05) is 6.61 Å². The van der Waals surface area contributed by atoms with Crippen molar-refractivity contribution in [3.63, 3.8) is 0 Å². The molecule has 2 rings (SSSR count). The molecule has 2 nitrogen and oxygen atoms in total. The van der Waals surface area contributed by atoms with Crippen LogP contribution in [0, 0.1) is 0 Å². The first-order valence-electron chi connectivity index (χ1n) is 5.85. The van der Waals surface area contributed by atoms with Crippen LogP contribution in [-0.2, 0) is 6.42 Å². The molecule has 1 atom stereocenters. The summed E-state index contributed by atoms with van der Waals surface area (Å²) in [5, 5.41) is 10.6. The topological polar surface area (TPSA) is 29.5 Å². The summed E-state index contributed by atoms with van der Waals surface area (Å²) in [6, 6.07) is 17.0. The summed E-state index contributed by atoms with van der Waals surface area (Å²) < 4.78 is 5.49. The predicted octanol–water partition coefficient (Wildman–Crippen LogP) is 3.32. The van der Waals surface area contributed by atoms with E-state index in [1.807, 2.05) is 54.6 Å². The molecule has 0 heterocycles. The van der Waals surface area contributed by atoms with Crippen molar-refractivity contribution in [2.24, 2.45) is 0 Å². The average molecular weight is 263 g/mol. The lowest BCUT2D eigenvalue weighted by molar-refractivity contribution is 0.108. The van der Waals surface area contributed by atoms with Gasteiger partial charge in [0.2, 0.25) is 0 Å². The summed E-state index contributed by atoms with van der Waals surface area (Å²) in [6.45, 7) is 0.259. The molecule has 94 valence electrons. The summed E-state index contributed by atoms with van der Waals surface area (Å²) in [7, 11) is 0. The zero-order valence-corrected chi connectivity index (χ0v) is 10.7. The van der Waals surface area contributed by atoms with Crippen molar-refractivity contribution in [1.29, 1.82) is 0 Å². The molecular formula is C15H15ClO2. The van der Waals surface area contributed by atoms with Gasteiger partial charge >= 0.3 is 0 Å². The summed E-state index contributed by atoms with van der Waals surface area (Å²) >= 11 is 6.03. The highest BCUT2D eigenvalue weighted by atomic mass is 35.5. The van der Waals surface area contributed by atoms with E-state index < -0.39 is 6.10 Å². The molecule has 0 aliphatic carbocycles. The van der Waals surface area contributed by atoms with Crippen LogP contribution in [0.1, 0.15) is 5.56 Å². The van der Waals surface area contributed by atoms with E-state index in [1.54, 1.807) is 0 Å². The molecule has 2 aromatic rings. The van der Waals surface area contributed by atoms with Crippen molar-refractivity contribution in [2.45, 2.75) is 12.5 Å². The number of aliphatic hydroxyl groups excluding tert-OH is 1. The largest absolute Gasteiger partial charge is 0.491 e. The molecule has 0 bridgehead atoms. The molecule has 0 spiro atoms. The Labute approximate surface area is 112 Å². The van der Waals surface area contributed by atoms with Crippen LogP contribution in [0.3, 0.4) is 0 Å². The molecule has 0 saturated heterocycles. The number of hydrogen-bond acceptors (Lipinski definition) is 2. The van der Waals surface area contributed by atoms with Crippen LogP contribution in [0.4, 0.5) is 0 Å². The quantitative estimate of drug-likeness (QED) is 0.896. The summed E-state index contributed by atoms with van der Waals surface area (Å²) in [5.41, 5.74) is 0.934. The van der Waals surface area contributed by atoms with Crippen molar-refractivity contribution in [3.8, 4) is 5.75 Å². The Morgan fingerprint density at radius 3 is 2.39 bits per heavy atom. The second-order valence-corrected chi connectivity index (χ2v) is 4.48. The maximum atomic E-state index is 9.90. The summed E-state index contributed by atoms with van der Waals surface area (Å²) in [6.07, 6.45) is -0.0722. The van der Waals surface area contributed by atoms with Crippen molar-refractivity contribution < 1.29 is 9.84 Å². The maximum absolute atomic E-state index is 9.90. The smallest absolute Gasteiger partial charge is 0.119 e. The zero-order valence-electron chi connectivity index (χ0n) is 9.92. The van der Waals surface area contributed by atoms with Gasteiger partial charge in [0, 0.05) is 11.4 Å². The van der Waals surface area contributed by atoms with E-state index in [0.29, 0.717) is 11.4 Å². The summed E-state index contributed by atoms with van der Waals surface area (Å²) in [5.74, 6) is 0.760. The van der Waals surface area contributed by atoms with Gasteiger partial charge in [-0.3, -0.25) is 0 Å². The Balaban J connectivity index is 1.86. The summed E-state index contributed by atoms with van der Waals surface area (Å²) in [4.78, 5) is 0. The van der Waals surface area contributed by atoms with Crippen LogP contribution in [0.5, 0.6) is 5.75 Å². The maximum Gasteiger partial charge on any atom is 0.119 e. The first-order valence-corrected chi connectivity index (χ1v) is 6.23. The van der Waals surface area contributed by atoms with Gasteiger partial charge in [0.1, 0.15) is 12.4 Å². The van der Waals surface area contributed by atoms with Gasteiger partial charge in [-0.15, -0.1) is 0 Å². The second kappa shape index (κ2) is 6.43. The van der Waals surface area contributed by atoms with Crippen LogP contribution in [0.2, 0.25) is 5.02 Å². The normalized spacial score (nSPS) is 12.1. The van der Waals surface area contributed by atoms with Crippen LogP contribution in [0.15, 0.2) is 54.6 Å². The zero-order chi connectivity index (χ0) is 12.8. The number of rotatable bonds is 5. The van der Waals surface area contributed by atoms with Gasteiger partial charge < -0.3 is 9.84 Å². The van der Waals surface area contributed by atoms with E-state index >= 15 is 0 Å². The minimum absolute atomic E-state index is 0.259. The molecule has 3 heteroatoms. The van der Waals surface area contributed by atoms with Gasteiger partial charge in [-0.05, 0) is 23.8 Å². The Morgan fingerprint density at radius 2 is 1.67 bits per heavy atom. The molecule has 0 fully saturated rings. The monoisotopic (exact) mass is 262 g/mol. The number of benzene rings is 2.